The second kappa shape index (κ2) is 11.0. The molecule has 0 fully saturated rings. The molecule has 0 aliphatic rings. The summed E-state index contributed by atoms with van der Waals surface area (Å²) in [4.78, 5) is 33.3. The number of methoxy groups -OCH3 is 1. The Kier molecular flexibility index (Phi) is 10.0. The number of amides is 2. The van der Waals surface area contributed by atoms with E-state index >= 15 is 0 Å². The van der Waals surface area contributed by atoms with E-state index in [-0.39, 0.29) is 12.8 Å². The van der Waals surface area contributed by atoms with Crippen LogP contribution in [-0.4, -0.2) is 56.0 Å². The number of nitrogens with one attached hydrogen (secondary N) is 2. The number of carbonyl (C=O) groups is 3. The van der Waals surface area contributed by atoms with Gasteiger partial charge in [-0.3, -0.25) is 4.79 Å². The number of ether oxygens (including phenoxy) is 2. The van der Waals surface area contributed by atoms with Crippen molar-refractivity contribution in [3.63, 3.8) is 0 Å². The van der Waals surface area contributed by atoms with Crippen LogP contribution in [0.2, 0.25) is 0 Å². The van der Waals surface area contributed by atoms with Crippen LogP contribution < -0.4 is 10.6 Å². The topological polar surface area (TPSA) is 114 Å². The third-order valence-electron chi connectivity index (χ3n) is 2.42. The minimum atomic E-state index is -1.20. The Labute approximate surface area is 117 Å². The molecule has 1 atom stereocenters. The molecule has 20 heavy (non-hydrogen) atoms. The molecule has 116 valence electrons. The van der Waals surface area contributed by atoms with E-state index in [0.29, 0.717) is 26.2 Å². The highest BCUT2D eigenvalue weighted by molar-refractivity contribution is 5.83. The predicted octanol–water partition coefficient (Wildman–Crippen LogP) is 0.119. The number of rotatable bonds is 10. The quantitative estimate of drug-likeness (QED) is 0.389. The molecule has 0 spiro atoms. The molecule has 0 radical (unpaired) electrons. The third-order valence-corrected chi connectivity index (χ3v) is 2.42. The van der Waals surface area contributed by atoms with E-state index in [1.165, 1.54) is 7.11 Å². The average Bonchev–Trinajstić information content (AvgIpc) is 2.42. The standard InChI is InChI=1S/C12H22N2O6/c1-3-20-8-4-7-13-12(18)14-9(11(16)17)5-6-10(15)19-2/h9H,3-8H2,1-2H3,(H,16,17)(H2,13,14,18)/t9-/m0/s1. The van der Waals surface area contributed by atoms with E-state index in [1.807, 2.05) is 6.92 Å². The zero-order chi connectivity index (χ0) is 15.4. The second-order valence-corrected chi connectivity index (χ2v) is 3.96. The molecule has 0 saturated carbocycles. The number of carboxylic acids is 1. The van der Waals surface area contributed by atoms with Gasteiger partial charge in [0.15, 0.2) is 0 Å². The fourth-order valence-electron chi connectivity index (χ4n) is 1.35. The first-order valence-corrected chi connectivity index (χ1v) is 6.43. The van der Waals surface area contributed by atoms with Crippen molar-refractivity contribution in [3.05, 3.63) is 0 Å². The summed E-state index contributed by atoms with van der Waals surface area (Å²) < 4.78 is 9.51. The zero-order valence-electron chi connectivity index (χ0n) is 11.8. The van der Waals surface area contributed by atoms with Crippen molar-refractivity contribution in [1.82, 2.24) is 10.6 Å². The number of esters is 1. The maximum Gasteiger partial charge on any atom is 0.326 e. The Bertz CT molecular complexity index is 321. The molecule has 2 amide bonds. The summed E-state index contributed by atoms with van der Waals surface area (Å²) in [5, 5.41) is 13.7. The maximum absolute atomic E-state index is 11.5. The summed E-state index contributed by atoms with van der Waals surface area (Å²) >= 11 is 0. The normalized spacial score (nSPS) is 11.5. The summed E-state index contributed by atoms with van der Waals surface area (Å²) in [6.07, 6.45) is 0.549. The van der Waals surface area contributed by atoms with Crippen molar-refractivity contribution in [2.24, 2.45) is 0 Å². The minimum absolute atomic E-state index is 0.0195. The monoisotopic (exact) mass is 290 g/mol. The van der Waals surface area contributed by atoms with E-state index in [0.717, 1.165) is 0 Å². The van der Waals surface area contributed by atoms with Gasteiger partial charge in [0.1, 0.15) is 6.04 Å². The molecule has 0 aromatic rings. The van der Waals surface area contributed by atoms with Crippen molar-refractivity contribution in [1.29, 1.82) is 0 Å². The summed E-state index contributed by atoms with van der Waals surface area (Å²) in [5.74, 6) is -1.71. The van der Waals surface area contributed by atoms with E-state index < -0.39 is 24.0 Å². The van der Waals surface area contributed by atoms with Crippen molar-refractivity contribution in [2.75, 3.05) is 26.9 Å². The SMILES string of the molecule is CCOCCCNC(=O)N[C@@H](CCC(=O)OC)C(=O)O. The molecule has 0 bridgehead atoms. The fraction of sp³-hybridized carbons (Fsp3) is 0.750. The second-order valence-electron chi connectivity index (χ2n) is 3.96. The van der Waals surface area contributed by atoms with Crippen LogP contribution in [0.25, 0.3) is 0 Å². The first-order valence-electron chi connectivity index (χ1n) is 6.43. The molecule has 3 N–H and O–H groups in total. The Morgan fingerprint density at radius 1 is 1.30 bits per heavy atom. The van der Waals surface area contributed by atoms with Crippen molar-refractivity contribution < 1.29 is 29.0 Å². The van der Waals surface area contributed by atoms with Gasteiger partial charge in [-0.2, -0.15) is 0 Å². The fourth-order valence-corrected chi connectivity index (χ4v) is 1.35. The summed E-state index contributed by atoms with van der Waals surface area (Å²) in [6, 6.07) is -1.71. The van der Waals surface area contributed by atoms with Gasteiger partial charge in [0.2, 0.25) is 0 Å². The highest BCUT2D eigenvalue weighted by atomic mass is 16.5. The Morgan fingerprint density at radius 2 is 2.00 bits per heavy atom. The lowest BCUT2D eigenvalue weighted by Crippen LogP contribution is -2.46. The number of urea groups is 1. The van der Waals surface area contributed by atoms with Crippen molar-refractivity contribution in [3.8, 4) is 0 Å². The van der Waals surface area contributed by atoms with Crippen LogP contribution in [0.3, 0.4) is 0 Å². The lowest BCUT2D eigenvalue weighted by atomic mass is 10.1. The number of hydrogen-bond acceptors (Lipinski definition) is 5. The average molecular weight is 290 g/mol. The van der Waals surface area contributed by atoms with Crippen molar-refractivity contribution >= 4 is 18.0 Å². The lowest BCUT2D eigenvalue weighted by molar-refractivity contribution is -0.142. The van der Waals surface area contributed by atoms with Gasteiger partial charge in [-0.05, 0) is 19.8 Å². The minimum Gasteiger partial charge on any atom is -0.480 e. The molecule has 8 heteroatoms. The van der Waals surface area contributed by atoms with Crippen LogP contribution in [0.15, 0.2) is 0 Å². The van der Waals surface area contributed by atoms with Gasteiger partial charge in [0, 0.05) is 26.2 Å². The largest absolute Gasteiger partial charge is 0.480 e. The van der Waals surface area contributed by atoms with Gasteiger partial charge in [0.25, 0.3) is 0 Å². The van der Waals surface area contributed by atoms with Gasteiger partial charge < -0.3 is 25.2 Å². The summed E-state index contributed by atoms with van der Waals surface area (Å²) in [6.45, 7) is 3.40. The van der Waals surface area contributed by atoms with Crippen LogP contribution in [0.1, 0.15) is 26.2 Å². The number of carboxylic acid groups (broad SMARTS) is 1. The van der Waals surface area contributed by atoms with Crippen LogP contribution >= 0.6 is 0 Å². The van der Waals surface area contributed by atoms with Crippen LogP contribution in [0.4, 0.5) is 4.79 Å². The smallest absolute Gasteiger partial charge is 0.326 e. The number of hydrogen-bond donors (Lipinski definition) is 3. The molecule has 0 rings (SSSR count). The van der Waals surface area contributed by atoms with Gasteiger partial charge in [-0.15, -0.1) is 0 Å². The highest BCUT2D eigenvalue weighted by Gasteiger charge is 2.20. The van der Waals surface area contributed by atoms with E-state index in [9.17, 15) is 14.4 Å². The zero-order valence-corrected chi connectivity index (χ0v) is 11.8. The van der Waals surface area contributed by atoms with Crippen LogP contribution in [0, 0.1) is 0 Å². The molecule has 0 heterocycles. The van der Waals surface area contributed by atoms with E-state index in [1.54, 1.807) is 0 Å². The molecule has 8 nitrogen and oxygen atoms in total. The molecule has 0 aliphatic heterocycles. The first-order chi connectivity index (χ1) is 9.51. The maximum atomic E-state index is 11.5. The molecular formula is C12H22N2O6. The number of carbonyl (C=O) groups excluding carboxylic acids is 2. The molecule has 0 aliphatic carbocycles. The van der Waals surface area contributed by atoms with Gasteiger partial charge in [0.05, 0.1) is 7.11 Å². The molecule has 0 saturated heterocycles. The van der Waals surface area contributed by atoms with Gasteiger partial charge in [-0.25, -0.2) is 9.59 Å². The van der Waals surface area contributed by atoms with Gasteiger partial charge >= 0.3 is 18.0 Å². The molecule has 0 unspecified atom stereocenters. The Hall–Kier alpha value is -1.83. The summed E-state index contributed by atoms with van der Waals surface area (Å²) in [7, 11) is 1.22. The lowest BCUT2D eigenvalue weighted by Gasteiger charge is -2.14. The molecule has 0 aromatic carbocycles. The van der Waals surface area contributed by atoms with Crippen LogP contribution in [-0.2, 0) is 19.1 Å². The molecular weight excluding hydrogens is 268 g/mol. The molecule has 0 aromatic heterocycles. The first kappa shape index (κ1) is 18.2. The highest BCUT2D eigenvalue weighted by Crippen LogP contribution is 1.99. The number of aliphatic carboxylic acids is 1. The van der Waals surface area contributed by atoms with E-state index in [4.69, 9.17) is 9.84 Å². The predicted molar refractivity (Wildman–Crippen MR) is 70.3 cm³/mol. The summed E-state index contributed by atoms with van der Waals surface area (Å²) in [5.41, 5.74) is 0. The van der Waals surface area contributed by atoms with Crippen LogP contribution in [0.5, 0.6) is 0 Å². The van der Waals surface area contributed by atoms with E-state index in [2.05, 4.69) is 15.4 Å². The Balaban J connectivity index is 3.96. The van der Waals surface area contributed by atoms with Gasteiger partial charge in [-0.1, -0.05) is 0 Å². The third kappa shape index (κ3) is 9.15. The van der Waals surface area contributed by atoms with Crippen molar-refractivity contribution in [2.45, 2.75) is 32.2 Å². The Morgan fingerprint density at radius 3 is 2.55 bits per heavy atom.